The molecule has 0 N–H and O–H groups in total. The molecule has 0 radical (unpaired) electrons. The van der Waals surface area contributed by atoms with E-state index in [0.717, 1.165) is 5.92 Å². The summed E-state index contributed by atoms with van der Waals surface area (Å²) in [6, 6.07) is 0. The van der Waals surface area contributed by atoms with Crippen molar-refractivity contribution < 1.29 is 0 Å². The minimum absolute atomic E-state index is 0.667. The third kappa shape index (κ3) is 2.80. The highest BCUT2D eigenvalue weighted by atomic mass is 14.3. The van der Waals surface area contributed by atoms with Gasteiger partial charge in [0.15, 0.2) is 0 Å². The van der Waals surface area contributed by atoms with Gasteiger partial charge in [0.2, 0.25) is 0 Å². The second kappa shape index (κ2) is 4.30. The zero-order chi connectivity index (χ0) is 9.03. The summed E-state index contributed by atoms with van der Waals surface area (Å²) in [5.74, 6) is 0.968. The molecule has 2 atom stereocenters. The maximum Gasteiger partial charge on any atom is -0.0326 e. The molecule has 12 heavy (non-hydrogen) atoms. The zero-order valence-corrected chi connectivity index (χ0v) is 9.03. The minimum atomic E-state index is 0.667. The van der Waals surface area contributed by atoms with Gasteiger partial charge < -0.3 is 0 Å². The smallest absolute Gasteiger partial charge is 0.0326 e. The molecule has 0 aromatic heterocycles. The van der Waals surface area contributed by atoms with Crippen molar-refractivity contribution in [3.63, 3.8) is 0 Å². The van der Waals surface area contributed by atoms with Crippen molar-refractivity contribution in [2.75, 3.05) is 0 Å². The molecule has 0 aromatic rings. The van der Waals surface area contributed by atoms with Crippen LogP contribution in [0.15, 0.2) is 0 Å². The first-order valence-electron chi connectivity index (χ1n) is 5.66. The van der Waals surface area contributed by atoms with Gasteiger partial charge in [-0.15, -0.1) is 0 Å². The molecule has 72 valence electrons. The molecule has 1 fully saturated rings. The third-order valence-electron chi connectivity index (χ3n) is 3.67. The Hall–Kier alpha value is 0. The third-order valence-corrected chi connectivity index (χ3v) is 3.67. The van der Waals surface area contributed by atoms with Gasteiger partial charge in [0, 0.05) is 0 Å². The molecule has 1 rings (SSSR count). The van der Waals surface area contributed by atoms with E-state index >= 15 is 0 Å². The van der Waals surface area contributed by atoms with Crippen LogP contribution in [0.3, 0.4) is 0 Å². The van der Waals surface area contributed by atoms with Crippen molar-refractivity contribution in [1.82, 2.24) is 0 Å². The highest BCUT2D eigenvalue weighted by Gasteiger charge is 2.25. The van der Waals surface area contributed by atoms with Crippen LogP contribution >= 0.6 is 0 Å². The predicted molar refractivity (Wildman–Crippen MR) is 55.3 cm³/mol. The van der Waals surface area contributed by atoms with Gasteiger partial charge >= 0.3 is 0 Å². The largest absolute Gasteiger partial charge is 0.0649 e. The fraction of sp³-hybridized carbons (Fsp3) is 1.00. The van der Waals surface area contributed by atoms with Crippen molar-refractivity contribution in [1.29, 1.82) is 0 Å². The second-order valence-electron chi connectivity index (χ2n) is 5.07. The summed E-state index contributed by atoms with van der Waals surface area (Å²) in [6.45, 7) is 7.27. The second-order valence-corrected chi connectivity index (χ2v) is 5.07. The number of hydrogen-bond acceptors (Lipinski definition) is 0. The van der Waals surface area contributed by atoms with E-state index in [1.54, 1.807) is 0 Å². The van der Waals surface area contributed by atoms with Gasteiger partial charge in [0.1, 0.15) is 0 Å². The van der Waals surface area contributed by atoms with Crippen molar-refractivity contribution in [2.24, 2.45) is 11.3 Å². The van der Waals surface area contributed by atoms with Crippen LogP contribution in [0.4, 0.5) is 0 Å². The first kappa shape index (κ1) is 10.1. The SMILES string of the molecule is CCC1(C)CCCCCC(C)C1. The Kier molecular flexibility index (Phi) is 3.61. The van der Waals surface area contributed by atoms with E-state index in [1.807, 2.05) is 0 Å². The lowest BCUT2D eigenvalue weighted by Gasteiger charge is -2.33. The lowest BCUT2D eigenvalue weighted by atomic mass is 9.73. The summed E-state index contributed by atoms with van der Waals surface area (Å²) in [7, 11) is 0. The topological polar surface area (TPSA) is 0 Å². The molecular formula is C12H24. The van der Waals surface area contributed by atoms with E-state index in [0.29, 0.717) is 5.41 Å². The van der Waals surface area contributed by atoms with Gasteiger partial charge in [-0.1, -0.05) is 52.9 Å². The van der Waals surface area contributed by atoms with E-state index in [4.69, 9.17) is 0 Å². The van der Waals surface area contributed by atoms with Crippen LogP contribution in [-0.4, -0.2) is 0 Å². The fourth-order valence-corrected chi connectivity index (χ4v) is 2.59. The monoisotopic (exact) mass is 168 g/mol. The molecular weight excluding hydrogens is 144 g/mol. The normalized spacial score (nSPS) is 38.8. The molecule has 1 aliphatic carbocycles. The summed E-state index contributed by atoms with van der Waals surface area (Å²) in [6.07, 6.45) is 10.2. The van der Waals surface area contributed by atoms with Crippen LogP contribution in [0.5, 0.6) is 0 Å². The first-order chi connectivity index (χ1) is 5.66. The molecule has 0 aromatic carbocycles. The van der Waals surface area contributed by atoms with Gasteiger partial charge in [-0.05, 0) is 24.2 Å². The maximum atomic E-state index is 2.48. The predicted octanol–water partition coefficient (Wildman–Crippen LogP) is 4.39. The summed E-state index contributed by atoms with van der Waals surface area (Å²) in [4.78, 5) is 0. The Balaban J connectivity index is 2.48. The number of hydrogen-bond donors (Lipinski definition) is 0. The lowest BCUT2D eigenvalue weighted by Crippen LogP contribution is -2.20. The lowest BCUT2D eigenvalue weighted by molar-refractivity contribution is 0.189. The summed E-state index contributed by atoms with van der Waals surface area (Å²) in [5.41, 5.74) is 0.667. The average molecular weight is 168 g/mol. The Labute approximate surface area is 77.7 Å². The molecule has 0 heteroatoms. The van der Waals surface area contributed by atoms with Crippen molar-refractivity contribution >= 4 is 0 Å². The molecule has 0 nitrogen and oxygen atoms in total. The molecule has 0 spiro atoms. The minimum Gasteiger partial charge on any atom is -0.0649 e. The van der Waals surface area contributed by atoms with E-state index in [-0.39, 0.29) is 0 Å². The number of rotatable bonds is 1. The molecule has 0 bridgehead atoms. The van der Waals surface area contributed by atoms with Gasteiger partial charge in [-0.2, -0.15) is 0 Å². The van der Waals surface area contributed by atoms with Crippen LogP contribution in [-0.2, 0) is 0 Å². The van der Waals surface area contributed by atoms with Crippen molar-refractivity contribution in [3.8, 4) is 0 Å². The zero-order valence-electron chi connectivity index (χ0n) is 9.03. The Morgan fingerprint density at radius 3 is 2.67 bits per heavy atom. The maximum absolute atomic E-state index is 2.48. The van der Waals surface area contributed by atoms with E-state index in [1.165, 1.54) is 44.9 Å². The highest BCUT2D eigenvalue weighted by molar-refractivity contribution is 4.77. The molecule has 1 aliphatic rings. The van der Waals surface area contributed by atoms with E-state index < -0.39 is 0 Å². The summed E-state index contributed by atoms with van der Waals surface area (Å²) in [5, 5.41) is 0. The molecule has 1 saturated carbocycles. The highest BCUT2D eigenvalue weighted by Crippen LogP contribution is 2.38. The summed E-state index contributed by atoms with van der Waals surface area (Å²) < 4.78 is 0. The van der Waals surface area contributed by atoms with Crippen LogP contribution in [0, 0.1) is 11.3 Å². The van der Waals surface area contributed by atoms with Crippen molar-refractivity contribution in [2.45, 2.75) is 65.7 Å². The molecule has 0 saturated heterocycles. The van der Waals surface area contributed by atoms with Gasteiger partial charge in [-0.25, -0.2) is 0 Å². The average Bonchev–Trinajstić information content (AvgIpc) is 2.01. The summed E-state index contributed by atoms with van der Waals surface area (Å²) >= 11 is 0. The molecule has 2 unspecified atom stereocenters. The Morgan fingerprint density at radius 1 is 1.25 bits per heavy atom. The van der Waals surface area contributed by atoms with Crippen molar-refractivity contribution in [3.05, 3.63) is 0 Å². The quantitative estimate of drug-likeness (QED) is 0.544. The van der Waals surface area contributed by atoms with E-state index in [2.05, 4.69) is 20.8 Å². The van der Waals surface area contributed by atoms with Crippen LogP contribution in [0.2, 0.25) is 0 Å². The molecule has 0 amide bonds. The van der Waals surface area contributed by atoms with Gasteiger partial charge in [0.05, 0.1) is 0 Å². The molecule has 0 aliphatic heterocycles. The Bertz CT molecular complexity index is 128. The molecule has 0 heterocycles. The first-order valence-corrected chi connectivity index (χ1v) is 5.66. The van der Waals surface area contributed by atoms with Gasteiger partial charge in [0.25, 0.3) is 0 Å². The fourth-order valence-electron chi connectivity index (χ4n) is 2.59. The van der Waals surface area contributed by atoms with Crippen LogP contribution < -0.4 is 0 Å². The van der Waals surface area contributed by atoms with Gasteiger partial charge in [-0.3, -0.25) is 0 Å². The van der Waals surface area contributed by atoms with Crippen LogP contribution in [0.25, 0.3) is 0 Å². The van der Waals surface area contributed by atoms with Crippen LogP contribution in [0.1, 0.15) is 65.7 Å². The standard InChI is InChI=1S/C12H24/c1-4-12(3)9-7-5-6-8-11(2)10-12/h11H,4-10H2,1-3H3. The van der Waals surface area contributed by atoms with E-state index in [9.17, 15) is 0 Å². The Morgan fingerprint density at radius 2 is 2.00 bits per heavy atom.